The minimum absolute atomic E-state index is 0. The van der Waals surface area contributed by atoms with Crippen molar-refractivity contribution in [1.82, 2.24) is 4.98 Å². The normalized spacial score (nSPS) is 8.00. The fourth-order valence-electron chi connectivity index (χ4n) is 0.346. The molecule has 0 bridgehead atoms. The maximum Gasteiger partial charge on any atom is 0.181 e. The first-order valence-corrected chi connectivity index (χ1v) is 2.03. The predicted molar refractivity (Wildman–Crippen MR) is 34.8 cm³/mol. The number of hydrogen-bond acceptors (Lipinski definition) is 3. The second kappa shape index (κ2) is 3.09. The van der Waals surface area contributed by atoms with Gasteiger partial charge in [0.25, 0.3) is 0 Å². The lowest BCUT2D eigenvalue weighted by atomic mass is 10.5. The molecule has 0 saturated carbocycles. The van der Waals surface area contributed by atoms with Gasteiger partial charge in [-0.25, -0.2) is 4.98 Å². The van der Waals surface area contributed by atoms with Crippen LogP contribution in [-0.4, -0.2) is 10.8 Å². The van der Waals surface area contributed by atoms with Crippen LogP contribution in [-0.2, 0) is 0 Å². The summed E-state index contributed by atoms with van der Waals surface area (Å²) < 4.78 is 4.54. The lowest BCUT2D eigenvalue weighted by Gasteiger charge is -1.82. The zero-order valence-corrected chi connectivity index (χ0v) is 5.31. The topological polar surface area (TPSA) is 75.9 Å². The number of hydrogen-bond donors (Lipinski definition) is 2. The summed E-state index contributed by atoms with van der Waals surface area (Å²) in [5, 5.41) is 6.81. The highest BCUT2D eigenvalue weighted by Gasteiger charge is 1.95. The summed E-state index contributed by atoms with van der Waals surface area (Å²) in [6.45, 7) is 0. The number of halogens is 1. The van der Waals surface area contributed by atoms with E-state index in [1.165, 1.54) is 12.7 Å². The Labute approximate surface area is 58.0 Å². The van der Waals surface area contributed by atoms with Gasteiger partial charge in [0, 0.05) is 0 Å². The van der Waals surface area contributed by atoms with E-state index in [1.807, 2.05) is 0 Å². The number of nitrogens with zero attached hydrogens (tertiary/aromatic N) is 1. The minimum Gasteiger partial charge on any atom is -0.451 e. The van der Waals surface area contributed by atoms with E-state index < -0.39 is 0 Å². The van der Waals surface area contributed by atoms with Crippen molar-refractivity contribution in [2.75, 3.05) is 0 Å². The predicted octanol–water partition coefficient (Wildman–Crippen LogP) is 0.380. The Morgan fingerprint density at radius 2 is 2.44 bits per heavy atom. The van der Waals surface area contributed by atoms with Crippen LogP contribution in [0.5, 0.6) is 0 Å². The van der Waals surface area contributed by atoms with E-state index in [4.69, 9.17) is 11.1 Å². The largest absolute Gasteiger partial charge is 0.451 e. The third kappa shape index (κ3) is 1.73. The summed E-state index contributed by atoms with van der Waals surface area (Å²) >= 11 is 0. The van der Waals surface area contributed by atoms with Gasteiger partial charge >= 0.3 is 0 Å². The summed E-state index contributed by atoms with van der Waals surface area (Å²) in [5.41, 5.74) is 5.40. The van der Waals surface area contributed by atoms with Crippen LogP contribution >= 0.6 is 12.4 Å². The Balaban J connectivity index is 0.000000640. The van der Waals surface area contributed by atoms with Gasteiger partial charge < -0.3 is 10.2 Å². The molecule has 0 aliphatic heterocycles. The van der Waals surface area contributed by atoms with Crippen LogP contribution in [0.1, 0.15) is 5.69 Å². The molecule has 0 aliphatic carbocycles. The molecule has 0 unspecified atom stereocenters. The van der Waals surface area contributed by atoms with Crippen LogP contribution in [0.15, 0.2) is 17.1 Å². The van der Waals surface area contributed by atoms with Crippen LogP contribution in [0.3, 0.4) is 0 Å². The third-order valence-corrected chi connectivity index (χ3v) is 0.708. The highest BCUT2D eigenvalue weighted by Crippen LogP contribution is 1.89. The van der Waals surface area contributed by atoms with Crippen LogP contribution in [0.4, 0.5) is 0 Å². The van der Waals surface area contributed by atoms with E-state index in [2.05, 4.69) is 9.40 Å². The summed E-state index contributed by atoms with van der Waals surface area (Å²) in [7, 11) is 0. The van der Waals surface area contributed by atoms with Crippen molar-refractivity contribution in [3.8, 4) is 0 Å². The van der Waals surface area contributed by atoms with E-state index in [0.29, 0.717) is 5.69 Å². The highest BCUT2D eigenvalue weighted by molar-refractivity contribution is 5.92. The van der Waals surface area contributed by atoms with Crippen molar-refractivity contribution in [2.45, 2.75) is 0 Å². The number of nitrogens with one attached hydrogen (secondary N) is 1. The standard InChI is InChI=1S/C4H5N3O.ClH/c5-4(6)3-1-8-2-7-3;/h1-2H,(H3,5,6);1H. The quantitative estimate of drug-likeness (QED) is 0.446. The lowest BCUT2D eigenvalue weighted by molar-refractivity contribution is 0.557. The van der Waals surface area contributed by atoms with Crippen LogP contribution in [0.25, 0.3) is 0 Å². The second-order valence-electron chi connectivity index (χ2n) is 1.29. The van der Waals surface area contributed by atoms with Gasteiger partial charge in [0.2, 0.25) is 0 Å². The molecule has 0 spiro atoms. The molecule has 0 amide bonds. The molecule has 5 heteroatoms. The SMILES string of the molecule is Cl.N=C(N)c1cocn1. The van der Waals surface area contributed by atoms with Crippen molar-refractivity contribution >= 4 is 18.2 Å². The molecule has 1 aromatic heterocycles. The first kappa shape index (κ1) is 7.97. The molecule has 4 nitrogen and oxygen atoms in total. The number of oxazole rings is 1. The smallest absolute Gasteiger partial charge is 0.181 e. The second-order valence-corrected chi connectivity index (χ2v) is 1.29. The van der Waals surface area contributed by atoms with Crippen molar-refractivity contribution in [3.05, 3.63) is 18.4 Å². The highest BCUT2D eigenvalue weighted by atomic mass is 35.5. The van der Waals surface area contributed by atoms with Crippen molar-refractivity contribution in [2.24, 2.45) is 5.73 Å². The number of nitrogens with two attached hydrogens (primary N) is 1. The third-order valence-electron chi connectivity index (χ3n) is 0.708. The van der Waals surface area contributed by atoms with Gasteiger partial charge in [0.15, 0.2) is 6.39 Å². The molecule has 0 fully saturated rings. The van der Waals surface area contributed by atoms with Gasteiger partial charge in [-0.1, -0.05) is 0 Å². The summed E-state index contributed by atoms with van der Waals surface area (Å²) in [6, 6.07) is 0. The molecule has 9 heavy (non-hydrogen) atoms. The average molecular weight is 148 g/mol. The first-order chi connectivity index (χ1) is 3.80. The van der Waals surface area contributed by atoms with Gasteiger partial charge in [-0.3, -0.25) is 5.41 Å². The summed E-state index contributed by atoms with van der Waals surface area (Å²) in [5.74, 6) is -0.0706. The Hall–Kier alpha value is -1.03. The fourth-order valence-corrected chi connectivity index (χ4v) is 0.346. The molecule has 0 aliphatic rings. The molecule has 1 rings (SSSR count). The molecule has 0 aromatic carbocycles. The number of rotatable bonds is 1. The Morgan fingerprint density at radius 1 is 1.78 bits per heavy atom. The fraction of sp³-hybridized carbons (Fsp3) is 0. The Bertz CT molecular complexity index is 184. The van der Waals surface area contributed by atoms with Gasteiger partial charge in [0.05, 0.1) is 0 Å². The van der Waals surface area contributed by atoms with Crippen molar-refractivity contribution < 1.29 is 4.42 Å². The monoisotopic (exact) mass is 147 g/mol. The maximum absolute atomic E-state index is 6.81. The molecule has 1 aromatic rings. The summed E-state index contributed by atoms with van der Waals surface area (Å²) in [6.07, 6.45) is 2.55. The van der Waals surface area contributed by atoms with Crippen molar-refractivity contribution in [3.63, 3.8) is 0 Å². The van der Waals surface area contributed by atoms with Gasteiger partial charge in [0.1, 0.15) is 17.8 Å². The Morgan fingerprint density at radius 3 is 2.67 bits per heavy atom. The van der Waals surface area contributed by atoms with E-state index in [1.54, 1.807) is 0 Å². The van der Waals surface area contributed by atoms with Crippen molar-refractivity contribution in [1.29, 1.82) is 5.41 Å². The Kier molecular flexibility index (Phi) is 2.73. The number of amidine groups is 1. The number of aromatic nitrogens is 1. The van der Waals surface area contributed by atoms with E-state index >= 15 is 0 Å². The maximum atomic E-state index is 6.81. The average Bonchev–Trinajstić information content (AvgIpc) is 2.12. The first-order valence-electron chi connectivity index (χ1n) is 2.03. The van der Waals surface area contributed by atoms with E-state index in [9.17, 15) is 0 Å². The van der Waals surface area contributed by atoms with Crippen LogP contribution < -0.4 is 5.73 Å². The van der Waals surface area contributed by atoms with Gasteiger partial charge in [-0.2, -0.15) is 0 Å². The minimum atomic E-state index is -0.0706. The van der Waals surface area contributed by atoms with Gasteiger partial charge in [-0.15, -0.1) is 12.4 Å². The zero-order valence-electron chi connectivity index (χ0n) is 4.50. The van der Waals surface area contributed by atoms with E-state index in [0.717, 1.165) is 0 Å². The zero-order chi connectivity index (χ0) is 5.98. The molecular formula is C4H6ClN3O. The molecule has 0 atom stereocenters. The van der Waals surface area contributed by atoms with Crippen LogP contribution in [0.2, 0.25) is 0 Å². The molecule has 0 saturated heterocycles. The molecule has 3 N–H and O–H groups in total. The molecule has 50 valence electrons. The molecule has 1 heterocycles. The molecular weight excluding hydrogens is 142 g/mol. The van der Waals surface area contributed by atoms with E-state index in [-0.39, 0.29) is 18.2 Å². The number of nitrogen functional groups attached to an aromatic ring is 1. The van der Waals surface area contributed by atoms with Crippen LogP contribution in [0, 0.1) is 5.41 Å². The van der Waals surface area contributed by atoms with Gasteiger partial charge in [-0.05, 0) is 0 Å². The summed E-state index contributed by atoms with van der Waals surface area (Å²) in [4.78, 5) is 3.60. The molecule has 0 radical (unpaired) electrons. The lowest BCUT2D eigenvalue weighted by Crippen LogP contribution is -2.10.